The molecular formula is C111H156O2W4. The molecule has 117 heavy (non-hydrogen) atoms. The molecule has 0 fully saturated rings. The number of rotatable bonds is 6. The fourth-order valence-corrected chi connectivity index (χ4v) is 18.6. The molecule has 9 aromatic rings. The van der Waals surface area contributed by atoms with Crippen molar-refractivity contribution in [2.75, 3.05) is 0 Å². The Kier molecular flexibility index (Phi) is 42.7. The normalized spacial score (nSPS) is 12.4. The van der Waals surface area contributed by atoms with Crippen molar-refractivity contribution in [2.45, 2.75) is 369 Å². The summed E-state index contributed by atoms with van der Waals surface area (Å²) in [5.41, 5.74) is 55.3. The van der Waals surface area contributed by atoms with Crippen LogP contribution in [0.5, 0.6) is 0 Å². The number of hydrogen-bond donors (Lipinski definition) is 0. The van der Waals surface area contributed by atoms with Crippen LogP contribution in [0, 0.1) is 238 Å². The zero-order chi connectivity index (χ0) is 86.7. The molecule has 2 nitrogen and oxygen atoms in total. The van der Waals surface area contributed by atoms with Crippen molar-refractivity contribution in [3.63, 3.8) is 0 Å². The summed E-state index contributed by atoms with van der Waals surface area (Å²) in [6.45, 7) is 102. The maximum Gasteiger partial charge on any atom is 2.00 e. The number of furan rings is 1. The third-order valence-electron chi connectivity index (χ3n) is 24.3. The summed E-state index contributed by atoms with van der Waals surface area (Å²) in [7, 11) is 0. The van der Waals surface area contributed by atoms with Crippen molar-refractivity contribution in [1.29, 1.82) is 0 Å². The minimum atomic E-state index is 0. The van der Waals surface area contributed by atoms with Gasteiger partial charge in [0.1, 0.15) is 0 Å². The van der Waals surface area contributed by atoms with E-state index in [-0.39, 0.29) is 101 Å². The molecule has 8 aromatic carbocycles. The number of aryl methyl sites for hydroxylation is 11. The predicted octanol–water partition coefficient (Wildman–Crippen LogP) is 31.7. The van der Waals surface area contributed by atoms with Gasteiger partial charge < -0.3 is 29.1 Å². The molecule has 3 aliphatic rings. The molecule has 0 unspecified atom stereocenters. The average molecular weight is 2260 g/mol. The summed E-state index contributed by atoms with van der Waals surface area (Å²) in [6.07, 6.45) is 11.9. The van der Waals surface area contributed by atoms with E-state index in [1.165, 1.54) is 169 Å². The molecule has 0 aliphatic heterocycles. The summed E-state index contributed by atoms with van der Waals surface area (Å²) < 4.78 is 5.96. The summed E-state index contributed by atoms with van der Waals surface area (Å²) >= 11 is 0. The first-order chi connectivity index (χ1) is 52.0. The van der Waals surface area contributed by atoms with Gasteiger partial charge in [-0.05, 0) is 264 Å². The average Bonchev–Trinajstić information content (AvgIpc) is 1.56. The van der Waals surface area contributed by atoms with Crippen molar-refractivity contribution in [1.82, 2.24) is 0 Å². The summed E-state index contributed by atoms with van der Waals surface area (Å²) in [6, 6.07) is 14.2. The third kappa shape index (κ3) is 24.5. The summed E-state index contributed by atoms with van der Waals surface area (Å²) in [4.78, 5) is 13.3. The second kappa shape index (κ2) is 45.0. The minimum Gasteiger partial charge on any atom is -0.532 e. The van der Waals surface area contributed by atoms with E-state index in [9.17, 15) is 4.79 Å². The first-order valence-electron chi connectivity index (χ1n) is 42.8. The molecule has 0 atom stereocenters. The van der Waals surface area contributed by atoms with Gasteiger partial charge in [0.15, 0.2) is 5.78 Å². The van der Waals surface area contributed by atoms with E-state index < -0.39 is 0 Å². The molecule has 1 aromatic heterocycles. The Morgan fingerprint density at radius 1 is 0.359 bits per heavy atom. The van der Waals surface area contributed by atoms with Gasteiger partial charge in [0.05, 0.1) is 0 Å². The maximum absolute atomic E-state index is 13.3. The zero-order valence-electron chi connectivity index (χ0n) is 82.7. The quantitative estimate of drug-likeness (QED) is 0.155. The predicted molar refractivity (Wildman–Crippen MR) is 500 cm³/mol. The van der Waals surface area contributed by atoms with E-state index in [4.69, 9.17) is 4.42 Å². The number of hydrogen-bond acceptors (Lipinski definition) is 2. The maximum atomic E-state index is 13.3. The van der Waals surface area contributed by atoms with Gasteiger partial charge >= 0.3 is 84.3 Å². The first kappa shape index (κ1) is 111. The van der Waals surface area contributed by atoms with E-state index in [1.807, 2.05) is 47.5 Å². The molecule has 0 bridgehead atoms. The van der Waals surface area contributed by atoms with Gasteiger partial charge in [-0.15, -0.1) is 44.8 Å². The molecule has 0 N–H and O–H groups in total. The van der Waals surface area contributed by atoms with Gasteiger partial charge in [0.25, 0.3) is 0 Å². The number of fused-ring (bicyclic) bond motifs is 10. The zero-order valence-corrected chi connectivity index (χ0v) is 94.4. The molecule has 0 amide bonds. The number of ketones is 1. The topological polar surface area (TPSA) is 30.2 Å². The number of carbonyl (C=O) groups is 1. The van der Waals surface area contributed by atoms with Crippen molar-refractivity contribution in [2.24, 2.45) is 22.7 Å². The van der Waals surface area contributed by atoms with Gasteiger partial charge in [-0.3, -0.25) is 4.79 Å². The fourth-order valence-electron chi connectivity index (χ4n) is 18.6. The number of benzene rings is 8. The molecule has 0 saturated heterocycles. The van der Waals surface area contributed by atoms with Gasteiger partial charge in [-0.25, -0.2) is 0 Å². The van der Waals surface area contributed by atoms with Crippen LogP contribution in [0.3, 0.4) is 0 Å². The monoisotopic (exact) mass is 2260 g/mol. The van der Waals surface area contributed by atoms with Crippen LogP contribution >= 0.6 is 0 Å². The second-order valence-corrected chi connectivity index (χ2v) is 39.3. The Balaban J connectivity index is 0.000000731. The van der Waals surface area contributed by atoms with Crippen molar-refractivity contribution >= 4 is 27.5 Å². The summed E-state index contributed by atoms with van der Waals surface area (Å²) in [5.74, 6) is 5.25. The Hall–Kier alpha value is -4.02. The molecule has 6 heteroatoms. The van der Waals surface area contributed by atoms with Crippen LogP contribution in [0.4, 0.5) is 0 Å². The minimum absolute atomic E-state index is 0. The second-order valence-electron chi connectivity index (χ2n) is 39.3. The molecule has 3 aliphatic carbocycles. The van der Waals surface area contributed by atoms with E-state index >= 15 is 0 Å². The van der Waals surface area contributed by atoms with Crippen LogP contribution in [-0.2, 0) is 135 Å². The van der Waals surface area contributed by atoms with Crippen LogP contribution in [0.2, 0.25) is 0 Å². The Labute approximate surface area is 777 Å². The molecule has 1 heterocycles. The van der Waals surface area contributed by atoms with E-state index in [1.54, 1.807) is 44.5 Å². The molecule has 0 saturated carbocycles. The van der Waals surface area contributed by atoms with Crippen LogP contribution in [-0.4, -0.2) is 5.78 Å². The largest absolute Gasteiger partial charge is 2.00 e. The molecule has 0 spiro atoms. The Bertz CT molecular complexity index is 4980. The molecule has 0 radical (unpaired) electrons. The van der Waals surface area contributed by atoms with E-state index in [0.29, 0.717) is 17.3 Å². The van der Waals surface area contributed by atoms with Crippen molar-refractivity contribution < 1.29 is 93.5 Å². The molecular weight excluding hydrogens is 2100 g/mol. The Morgan fingerprint density at radius 2 is 0.718 bits per heavy atom. The SMILES string of the molecule is C[C-](C)C.C[C-](C)C.C[CH-]C.C[CH-]C.Cc1[c-]c(C)c2c(c1C)C(=O)c1c(C)c(C)c(CC(C)(C)C)c(C)c1-2.Cc1[c-]c(C)c2c(c1C)C(C)(C)c1c(C)c(C)c(CC(C)C)c(C)c1-2.Cc1[c-]c(C)c2c(c1C)CCc1c(C)c(C)c(CC(C)(C)C)c(C)c1C2.Cc1[c-]c2c(C)c3c(C)c(CC(C)C)c(C)c(C)c3c(C)c2o1.[W+2].[W+2].[W+2].[W+2]. The van der Waals surface area contributed by atoms with Crippen LogP contribution in [0.25, 0.3) is 44.0 Å². The van der Waals surface area contributed by atoms with Crippen LogP contribution in [0.15, 0.2) is 4.42 Å². The van der Waals surface area contributed by atoms with Gasteiger partial charge in [0, 0.05) is 16.9 Å². The first-order valence-corrected chi connectivity index (χ1v) is 42.8. The van der Waals surface area contributed by atoms with Crippen molar-refractivity contribution in [3.8, 4) is 22.3 Å². The molecule has 12 rings (SSSR count). The van der Waals surface area contributed by atoms with Gasteiger partial charge in [0.2, 0.25) is 0 Å². The fraction of sp³-hybridized carbons (Fsp3) is 0.523. The standard InChI is InChI=1S/C26H35.C25H33.C24H29O.C22H27O.2C4H9.2C3H7.4W/c1-15-12-16(2)23-13-24-20(6)25(14-26(7,8)9)19(5)18(4)22(24)11-10-21(23)17(15)3;1-13(2)11-20-17(6)18(7)24-22(19(20)8)21-15(4)12-14(3)16(5)23(21)25(24,9)10;1-12-10-13(2)19-20-17(6)18(11-24(7,8)9)15(4)16(5)22(20)23(25)21(19)14(12)3;1-11(2)9-18-13(4)14(5)20-17(8)22-19(10-12(3)23-22)16(7)21(20)15(18)6;2*1-4(2)3;2*1-3-2;;;;/h10-11,13-14H2,1-9H3;13H,11H2,1-10H3;11H2,1-9H3;11H,9H2,1-8H3;2*1-3H3;2*3H,1-2H3;;;;/q8*-1;4*+2. The smallest absolute Gasteiger partial charge is 0.532 e. The summed E-state index contributed by atoms with van der Waals surface area (Å²) in [5, 5.41) is 3.93. The van der Waals surface area contributed by atoms with Crippen LogP contribution < -0.4 is 0 Å². The Morgan fingerprint density at radius 3 is 1.18 bits per heavy atom. The van der Waals surface area contributed by atoms with E-state index in [2.05, 4.69) is 308 Å². The third-order valence-corrected chi connectivity index (χ3v) is 24.3. The number of carbonyl (C=O) groups excluding carboxylic acids is 1. The van der Waals surface area contributed by atoms with Crippen molar-refractivity contribution in [3.05, 3.63) is 249 Å². The molecule has 636 valence electrons. The van der Waals surface area contributed by atoms with Crippen LogP contribution in [0.1, 0.15) is 358 Å². The van der Waals surface area contributed by atoms with Gasteiger partial charge in [-0.1, -0.05) is 197 Å². The van der Waals surface area contributed by atoms with Gasteiger partial charge in [-0.2, -0.15) is 138 Å². The van der Waals surface area contributed by atoms with E-state index in [0.717, 1.165) is 87.8 Å².